The SMILES string of the molecule is Cc1ccc(-n2ncc(C(=O)Nc3ccc4c(c3)OCCO4)c2C2CCN(C(=O)OC(C)(C)C)CC2)c(C)c1. The number of benzene rings is 2. The molecule has 1 aromatic heterocycles. The number of hydrogen-bond donors (Lipinski definition) is 1. The molecule has 5 rings (SSSR count). The molecule has 1 fully saturated rings. The Morgan fingerprint density at radius 2 is 1.72 bits per heavy atom. The maximum absolute atomic E-state index is 13.6. The minimum Gasteiger partial charge on any atom is -0.486 e. The summed E-state index contributed by atoms with van der Waals surface area (Å²) in [5, 5.41) is 7.71. The third-order valence-electron chi connectivity index (χ3n) is 6.96. The van der Waals surface area contributed by atoms with Crippen molar-refractivity contribution in [3.63, 3.8) is 0 Å². The Balaban J connectivity index is 1.43. The molecule has 0 atom stereocenters. The van der Waals surface area contributed by atoms with E-state index in [4.69, 9.17) is 19.3 Å². The smallest absolute Gasteiger partial charge is 0.410 e. The summed E-state index contributed by atoms with van der Waals surface area (Å²) in [5.74, 6) is 1.07. The minimum atomic E-state index is -0.547. The summed E-state index contributed by atoms with van der Waals surface area (Å²) in [6, 6.07) is 11.6. The van der Waals surface area contributed by atoms with E-state index in [-0.39, 0.29) is 17.9 Å². The molecule has 9 heteroatoms. The fourth-order valence-corrected chi connectivity index (χ4v) is 5.14. The molecule has 0 spiro atoms. The molecule has 206 valence electrons. The standard InChI is InChI=1S/C30H36N4O5/c1-19-6-8-24(20(2)16-19)34-27(21-10-12-33(13-11-21)29(36)39-30(3,4)5)23(18-31-34)28(35)32-22-7-9-25-26(17-22)38-15-14-37-25/h6-9,16-18,21H,10-15H2,1-5H3,(H,32,35). The number of hydrogen-bond acceptors (Lipinski definition) is 6. The van der Waals surface area contributed by atoms with Gasteiger partial charge in [-0.2, -0.15) is 5.10 Å². The van der Waals surface area contributed by atoms with E-state index in [0.717, 1.165) is 22.5 Å². The number of amides is 2. The number of carbonyl (C=O) groups is 2. The first-order valence-corrected chi connectivity index (χ1v) is 13.4. The summed E-state index contributed by atoms with van der Waals surface area (Å²) in [6.45, 7) is 11.8. The summed E-state index contributed by atoms with van der Waals surface area (Å²) >= 11 is 0. The van der Waals surface area contributed by atoms with Crippen LogP contribution in [0.15, 0.2) is 42.6 Å². The van der Waals surface area contributed by atoms with Crippen molar-refractivity contribution in [2.24, 2.45) is 0 Å². The largest absolute Gasteiger partial charge is 0.486 e. The van der Waals surface area contributed by atoms with E-state index in [9.17, 15) is 9.59 Å². The number of piperidine rings is 1. The van der Waals surface area contributed by atoms with Crippen LogP contribution in [0.4, 0.5) is 10.5 Å². The fourth-order valence-electron chi connectivity index (χ4n) is 5.14. The maximum atomic E-state index is 13.6. The van der Waals surface area contributed by atoms with Crippen LogP contribution in [0.25, 0.3) is 5.69 Å². The predicted molar refractivity (Wildman–Crippen MR) is 148 cm³/mol. The summed E-state index contributed by atoms with van der Waals surface area (Å²) < 4.78 is 18.7. The van der Waals surface area contributed by atoms with Gasteiger partial charge in [0.1, 0.15) is 18.8 Å². The molecule has 0 radical (unpaired) electrons. The molecule has 0 saturated carbocycles. The Hall–Kier alpha value is -4.01. The highest BCUT2D eigenvalue weighted by Crippen LogP contribution is 2.35. The minimum absolute atomic E-state index is 0.0351. The second kappa shape index (κ2) is 10.6. The van der Waals surface area contributed by atoms with Crippen molar-refractivity contribution in [2.45, 2.75) is 59.0 Å². The van der Waals surface area contributed by atoms with Gasteiger partial charge in [0.05, 0.1) is 23.1 Å². The second-order valence-electron chi connectivity index (χ2n) is 11.2. The quantitative estimate of drug-likeness (QED) is 0.468. The van der Waals surface area contributed by atoms with E-state index in [1.54, 1.807) is 29.3 Å². The van der Waals surface area contributed by atoms with Gasteiger partial charge in [0.25, 0.3) is 5.91 Å². The summed E-state index contributed by atoms with van der Waals surface area (Å²) in [5.41, 5.74) is 4.60. The Morgan fingerprint density at radius 3 is 2.41 bits per heavy atom. The molecule has 1 saturated heterocycles. The van der Waals surface area contributed by atoms with Crippen LogP contribution in [0.5, 0.6) is 11.5 Å². The van der Waals surface area contributed by atoms with E-state index in [1.165, 1.54) is 0 Å². The average molecular weight is 533 g/mol. The van der Waals surface area contributed by atoms with Crippen molar-refractivity contribution in [1.82, 2.24) is 14.7 Å². The zero-order valence-electron chi connectivity index (χ0n) is 23.2. The Kier molecular flexibility index (Phi) is 7.25. The first kappa shape index (κ1) is 26.6. The van der Waals surface area contributed by atoms with E-state index in [0.29, 0.717) is 61.9 Å². The van der Waals surface area contributed by atoms with E-state index in [1.807, 2.05) is 44.5 Å². The summed E-state index contributed by atoms with van der Waals surface area (Å²) in [6.07, 6.45) is 2.73. The van der Waals surface area contributed by atoms with Crippen LogP contribution >= 0.6 is 0 Å². The van der Waals surface area contributed by atoms with Crippen molar-refractivity contribution < 1.29 is 23.8 Å². The Labute approximate surface area is 229 Å². The molecule has 39 heavy (non-hydrogen) atoms. The van der Waals surface area contributed by atoms with Gasteiger partial charge in [-0.1, -0.05) is 17.7 Å². The Morgan fingerprint density at radius 1 is 1.00 bits per heavy atom. The number of ether oxygens (including phenoxy) is 3. The molecule has 2 amide bonds. The van der Waals surface area contributed by atoms with Crippen molar-refractivity contribution in [1.29, 1.82) is 0 Å². The number of anilines is 1. The fraction of sp³-hybridized carbons (Fsp3) is 0.433. The number of rotatable bonds is 4. The van der Waals surface area contributed by atoms with Gasteiger partial charge in [0, 0.05) is 30.8 Å². The highest BCUT2D eigenvalue weighted by atomic mass is 16.6. The predicted octanol–water partition coefficient (Wildman–Crippen LogP) is 5.63. The summed E-state index contributed by atoms with van der Waals surface area (Å²) in [4.78, 5) is 28.0. The number of fused-ring (bicyclic) bond motifs is 1. The van der Waals surface area contributed by atoms with E-state index in [2.05, 4.69) is 18.3 Å². The van der Waals surface area contributed by atoms with Gasteiger partial charge in [-0.15, -0.1) is 0 Å². The van der Waals surface area contributed by atoms with E-state index < -0.39 is 5.60 Å². The van der Waals surface area contributed by atoms with Crippen LogP contribution in [-0.4, -0.2) is 58.6 Å². The lowest BCUT2D eigenvalue weighted by atomic mass is 9.90. The first-order valence-electron chi connectivity index (χ1n) is 13.4. The number of aryl methyl sites for hydroxylation is 2. The van der Waals surface area contributed by atoms with Gasteiger partial charge in [-0.25, -0.2) is 9.48 Å². The molecule has 9 nitrogen and oxygen atoms in total. The molecule has 0 unspecified atom stereocenters. The van der Waals surface area contributed by atoms with Crippen LogP contribution in [0.1, 0.15) is 66.7 Å². The van der Waals surface area contributed by atoms with Crippen LogP contribution in [0.2, 0.25) is 0 Å². The zero-order chi connectivity index (χ0) is 27.7. The Bertz CT molecular complexity index is 1380. The molecule has 0 bridgehead atoms. The first-order chi connectivity index (χ1) is 18.6. The number of aromatic nitrogens is 2. The molecule has 3 aromatic rings. The maximum Gasteiger partial charge on any atom is 0.410 e. The topological polar surface area (TPSA) is 94.9 Å². The van der Waals surface area contributed by atoms with Crippen molar-refractivity contribution in [3.8, 4) is 17.2 Å². The normalized spacial score (nSPS) is 15.7. The van der Waals surface area contributed by atoms with Crippen LogP contribution < -0.4 is 14.8 Å². The monoisotopic (exact) mass is 532 g/mol. The average Bonchev–Trinajstić information content (AvgIpc) is 3.33. The summed E-state index contributed by atoms with van der Waals surface area (Å²) in [7, 11) is 0. The third kappa shape index (κ3) is 5.87. The third-order valence-corrected chi connectivity index (χ3v) is 6.96. The van der Waals surface area contributed by atoms with Gasteiger partial charge >= 0.3 is 6.09 Å². The van der Waals surface area contributed by atoms with Gasteiger partial charge in [-0.05, 0) is 71.2 Å². The number of nitrogens with one attached hydrogen (secondary N) is 1. The number of likely N-dealkylation sites (tertiary alicyclic amines) is 1. The molecule has 2 aliphatic rings. The highest BCUT2D eigenvalue weighted by Gasteiger charge is 2.32. The zero-order valence-corrected chi connectivity index (χ0v) is 23.2. The second-order valence-corrected chi connectivity index (χ2v) is 11.2. The molecular weight excluding hydrogens is 496 g/mol. The molecular formula is C30H36N4O5. The van der Waals surface area contributed by atoms with Gasteiger partial charge in [0.2, 0.25) is 0 Å². The lowest BCUT2D eigenvalue weighted by Crippen LogP contribution is -2.41. The molecule has 1 N–H and O–H groups in total. The highest BCUT2D eigenvalue weighted by molar-refractivity contribution is 6.05. The molecule has 2 aliphatic heterocycles. The molecule has 0 aliphatic carbocycles. The van der Waals surface area contributed by atoms with E-state index >= 15 is 0 Å². The lowest BCUT2D eigenvalue weighted by molar-refractivity contribution is 0.0203. The van der Waals surface area contributed by atoms with Crippen LogP contribution in [0, 0.1) is 13.8 Å². The number of carbonyl (C=O) groups excluding carboxylic acids is 2. The van der Waals surface area contributed by atoms with Crippen LogP contribution in [-0.2, 0) is 4.74 Å². The van der Waals surface area contributed by atoms with Gasteiger partial charge in [-0.3, -0.25) is 4.79 Å². The number of nitrogens with zero attached hydrogens (tertiary/aromatic N) is 3. The lowest BCUT2D eigenvalue weighted by Gasteiger charge is -2.34. The molecule has 3 heterocycles. The van der Waals surface area contributed by atoms with Gasteiger partial charge < -0.3 is 24.4 Å². The molecule has 2 aromatic carbocycles. The van der Waals surface area contributed by atoms with Gasteiger partial charge in [0.15, 0.2) is 11.5 Å². The van der Waals surface area contributed by atoms with Crippen LogP contribution in [0.3, 0.4) is 0 Å². The van der Waals surface area contributed by atoms with Crippen molar-refractivity contribution in [3.05, 3.63) is 65.0 Å². The van der Waals surface area contributed by atoms with Crippen molar-refractivity contribution >= 4 is 17.7 Å². The van der Waals surface area contributed by atoms with Crippen molar-refractivity contribution in [2.75, 3.05) is 31.6 Å².